The van der Waals surface area contributed by atoms with Gasteiger partial charge in [-0.3, -0.25) is 14.9 Å². The normalized spacial score (nSPS) is 15.5. The van der Waals surface area contributed by atoms with Crippen molar-refractivity contribution in [1.29, 1.82) is 0 Å². The van der Waals surface area contributed by atoms with Crippen LogP contribution in [0.1, 0.15) is 23.2 Å². The summed E-state index contributed by atoms with van der Waals surface area (Å²) < 4.78 is 27.5. The van der Waals surface area contributed by atoms with Gasteiger partial charge in [0.1, 0.15) is 0 Å². The Balaban J connectivity index is 1.59. The molecule has 2 aromatic rings. The summed E-state index contributed by atoms with van der Waals surface area (Å²) in [6, 6.07) is 13.4. The molecule has 8 nitrogen and oxygen atoms in total. The maximum atomic E-state index is 12.5. The lowest BCUT2D eigenvalue weighted by Crippen LogP contribution is -2.46. The lowest BCUT2D eigenvalue weighted by Gasteiger charge is -2.32. The van der Waals surface area contributed by atoms with Crippen molar-refractivity contribution in [3.63, 3.8) is 0 Å². The number of nitro benzene ring substituents is 1. The van der Waals surface area contributed by atoms with Crippen LogP contribution in [0.25, 0.3) is 0 Å². The zero-order valence-electron chi connectivity index (χ0n) is 14.4. The van der Waals surface area contributed by atoms with Gasteiger partial charge in [-0.05, 0) is 37.1 Å². The summed E-state index contributed by atoms with van der Waals surface area (Å²) in [5.41, 5.74) is 0.448. The van der Waals surface area contributed by atoms with Crippen LogP contribution in [0.4, 0.5) is 5.69 Å². The highest BCUT2D eigenvalue weighted by molar-refractivity contribution is 7.89. The maximum Gasteiger partial charge on any atom is 0.269 e. The molecule has 0 spiro atoms. The van der Waals surface area contributed by atoms with E-state index in [0.717, 1.165) is 12.1 Å². The average Bonchev–Trinajstić information content (AvgIpc) is 2.68. The molecule has 0 bridgehead atoms. The molecular formula is C18H19N3O5S. The number of nitro groups is 1. The molecule has 1 aliphatic heterocycles. The Bertz CT molecular complexity index is 921. The molecule has 0 radical (unpaired) electrons. The van der Waals surface area contributed by atoms with Crippen molar-refractivity contribution < 1.29 is 18.1 Å². The lowest BCUT2D eigenvalue weighted by atomic mass is 10.0. The molecule has 0 aromatic heterocycles. The van der Waals surface area contributed by atoms with Gasteiger partial charge in [0.05, 0.1) is 9.82 Å². The molecule has 3 rings (SSSR count). The molecule has 1 amide bonds. The Labute approximate surface area is 157 Å². The minimum Gasteiger partial charge on any atom is -0.339 e. The first kappa shape index (κ1) is 19.0. The Morgan fingerprint density at radius 3 is 2.19 bits per heavy atom. The van der Waals surface area contributed by atoms with Crippen molar-refractivity contribution in [2.24, 2.45) is 0 Å². The predicted octanol–water partition coefficient (Wildman–Crippen LogP) is 2.18. The van der Waals surface area contributed by atoms with Gasteiger partial charge in [-0.1, -0.05) is 18.2 Å². The first-order valence-electron chi connectivity index (χ1n) is 8.48. The molecule has 27 heavy (non-hydrogen) atoms. The van der Waals surface area contributed by atoms with Crippen LogP contribution in [0.5, 0.6) is 0 Å². The topological polar surface area (TPSA) is 110 Å². The fraction of sp³-hybridized carbons (Fsp3) is 0.278. The summed E-state index contributed by atoms with van der Waals surface area (Å²) >= 11 is 0. The first-order valence-corrected chi connectivity index (χ1v) is 9.96. The zero-order valence-corrected chi connectivity index (χ0v) is 15.3. The fourth-order valence-electron chi connectivity index (χ4n) is 3.00. The van der Waals surface area contributed by atoms with Crippen LogP contribution in [0.2, 0.25) is 0 Å². The Morgan fingerprint density at radius 2 is 1.63 bits per heavy atom. The van der Waals surface area contributed by atoms with E-state index in [1.165, 1.54) is 12.1 Å². The van der Waals surface area contributed by atoms with Crippen LogP contribution in [-0.2, 0) is 10.0 Å². The van der Waals surface area contributed by atoms with E-state index >= 15 is 0 Å². The average molecular weight is 389 g/mol. The predicted molar refractivity (Wildman–Crippen MR) is 98.8 cm³/mol. The summed E-state index contributed by atoms with van der Waals surface area (Å²) in [5.74, 6) is -0.0627. The third kappa shape index (κ3) is 4.50. The Morgan fingerprint density at radius 1 is 1.04 bits per heavy atom. The largest absolute Gasteiger partial charge is 0.339 e. The van der Waals surface area contributed by atoms with E-state index in [1.54, 1.807) is 29.2 Å². The number of benzene rings is 2. The number of non-ortho nitro benzene ring substituents is 1. The van der Waals surface area contributed by atoms with Crippen LogP contribution in [0.3, 0.4) is 0 Å². The molecule has 0 saturated carbocycles. The van der Waals surface area contributed by atoms with Gasteiger partial charge < -0.3 is 4.90 Å². The Kier molecular flexibility index (Phi) is 5.52. The highest BCUT2D eigenvalue weighted by atomic mass is 32.2. The van der Waals surface area contributed by atoms with Crippen molar-refractivity contribution in [2.45, 2.75) is 23.8 Å². The van der Waals surface area contributed by atoms with Crippen molar-refractivity contribution in [3.8, 4) is 0 Å². The van der Waals surface area contributed by atoms with E-state index in [2.05, 4.69) is 4.72 Å². The number of hydrogen-bond donors (Lipinski definition) is 1. The molecular weight excluding hydrogens is 370 g/mol. The Hall–Kier alpha value is -2.78. The number of piperidine rings is 1. The highest BCUT2D eigenvalue weighted by Gasteiger charge is 2.27. The van der Waals surface area contributed by atoms with Crippen LogP contribution >= 0.6 is 0 Å². The van der Waals surface area contributed by atoms with Crippen LogP contribution in [-0.4, -0.2) is 43.3 Å². The van der Waals surface area contributed by atoms with Crippen LogP contribution in [0.15, 0.2) is 59.5 Å². The van der Waals surface area contributed by atoms with Crippen molar-refractivity contribution in [3.05, 3.63) is 70.3 Å². The second kappa shape index (κ2) is 7.85. The minimum absolute atomic E-state index is 0.0177. The molecule has 0 aliphatic carbocycles. The summed E-state index contributed by atoms with van der Waals surface area (Å²) in [6.45, 7) is 0.919. The van der Waals surface area contributed by atoms with Gasteiger partial charge in [-0.15, -0.1) is 0 Å². The van der Waals surface area contributed by atoms with E-state index in [1.807, 2.05) is 6.07 Å². The summed E-state index contributed by atoms with van der Waals surface area (Å²) in [4.78, 5) is 24.2. The first-order chi connectivity index (χ1) is 12.9. The molecule has 0 unspecified atom stereocenters. The van der Waals surface area contributed by atoms with E-state index < -0.39 is 14.9 Å². The number of nitrogens with one attached hydrogen (secondary N) is 1. The van der Waals surface area contributed by atoms with E-state index in [-0.39, 0.29) is 22.5 Å². The molecule has 1 aliphatic rings. The minimum atomic E-state index is -3.77. The summed E-state index contributed by atoms with van der Waals surface area (Å²) in [7, 11) is -3.77. The second-order valence-electron chi connectivity index (χ2n) is 6.30. The van der Waals surface area contributed by atoms with Gasteiger partial charge in [0.25, 0.3) is 11.6 Å². The van der Waals surface area contributed by atoms with Gasteiger partial charge in [-0.2, -0.15) is 0 Å². The van der Waals surface area contributed by atoms with Crippen LogP contribution in [0, 0.1) is 10.1 Å². The molecule has 2 aromatic carbocycles. The molecule has 1 heterocycles. The van der Waals surface area contributed by atoms with Crippen molar-refractivity contribution >= 4 is 21.6 Å². The smallest absolute Gasteiger partial charge is 0.269 e. The number of rotatable bonds is 5. The lowest BCUT2D eigenvalue weighted by molar-refractivity contribution is -0.384. The molecule has 1 fully saturated rings. The van der Waals surface area contributed by atoms with E-state index in [4.69, 9.17) is 0 Å². The number of likely N-dealkylation sites (tertiary alicyclic amines) is 1. The quantitative estimate of drug-likeness (QED) is 0.623. The van der Waals surface area contributed by atoms with Crippen molar-refractivity contribution in [1.82, 2.24) is 9.62 Å². The number of carbonyl (C=O) groups excluding carboxylic acids is 1. The highest BCUT2D eigenvalue weighted by Crippen LogP contribution is 2.19. The van der Waals surface area contributed by atoms with Crippen molar-refractivity contribution in [2.75, 3.05) is 13.1 Å². The number of nitrogens with zero attached hydrogens (tertiary/aromatic N) is 2. The molecule has 0 atom stereocenters. The molecule has 1 N–H and O–H groups in total. The number of hydrogen-bond acceptors (Lipinski definition) is 5. The third-order valence-electron chi connectivity index (χ3n) is 4.48. The number of amides is 1. The standard InChI is InChI=1S/C18H19N3O5S/c22-18(14-4-2-1-3-5-14)20-12-10-15(11-13-20)19-27(25,26)17-8-6-16(7-9-17)21(23)24/h1-9,15,19H,10-13H2. The monoisotopic (exact) mass is 389 g/mol. The van der Waals surface area contributed by atoms with Gasteiger partial charge >= 0.3 is 0 Å². The molecule has 142 valence electrons. The maximum absolute atomic E-state index is 12.5. The number of carbonyl (C=O) groups is 1. The molecule has 1 saturated heterocycles. The summed E-state index contributed by atoms with van der Waals surface area (Å²) in [5, 5.41) is 10.7. The van der Waals surface area contributed by atoms with Gasteiger partial charge in [-0.25, -0.2) is 13.1 Å². The zero-order chi connectivity index (χ0) is 19.4. The third-order valence-corrected chi connectivity index (χ3v) is 6.02. The fourth-order valence-corrected chi connectivity index (χ4v) is 4.30. The summed E-state index contributed by atoms with van der Waals surface area (Å²) in [6.07, 6.45) is 1.01. The second-order valence-corrected chi connectivity index (χ2v) is 8.02. The SMILES string of the molecule is O=C(c1ccccc1)N1CCC(NS(=O)(=O)c2ccc([N+](=O)[O-])cc2)CC1. The van der Waals surface area contributed by atoms with E-state index in [9.17, 15) is 23.3 Å². The number of sulfonamides is 1. The van der Waals surface area contributed by atoms with Gasteiger partial charge in [0, 0.05) is 36.8 Å². The van der Waals surface area contributed by atoms with Gasteiger partial charge in [0.2, 0.25) is 10.0 Å². The van der Waals surface area contributed by atoms with E-state index in [0.29, 0.717) is 31.5 Å². The molecule has 9 heteroatoms. The van der Waals surface area contributed by atoms with Gasteiger partial charge in [0.15, 0.2) is 0 Å². The van der Waals surface area contributed by atoms with Crippen LogP contribution < -0.4 is 4.72 Å².